The summed E-state index contributed by atoms with van der Waals surface area (Å²) < 4.78 is 15.4. The lowest BCUT2D eigenvalue weighted by atomic mass is 10.0. The second-order valence-corrected chi connectivity index (χ2v) is 15.6. The Hall–Kier alpha value is -8.75. The molecule has 0 fully saturated rings. The summed E-state index contributed by atoms with van der Waals surface area (Å²) in [4.78, 5) is 26.4. The van der Waals surface area contributed by atoms with Crippen LogP contribution in [0.15, 0.2) is 203 Å². The molecule has 0 radical (unpaired) electrons. The summed E-state index contributed by atoms with van der Waals surface area (Å²) >= 11 is 0. The number of hydrogen-bond donors (Lipinski definition) is 0. The van der Waals surface area contributed by atoms with Crippen LogP contribution in [0.5, 0.6) is 0 Å². The van der Waals surface area contributed by atoms with Gasteiger partial charge in [0.05, 0.1) is 11.0 Å². The monoisotopic (exact) mass is 808 g/mol. The maximum absolute atomic E-state index is 6.67. The molecule has 0 unspecified atom stereocenters. The van der Waals surface area contributed by atoms with Crippen molar-refractivity contribution in [3.8, 4) is 62.5 Å². The summed E-state index contributed by atoms with van der Waals surface area (Å²) in [6, 6.07) is 65.6. The van der Waals surface area contributed by atoms with Gasteiger partial charge in [0.25, 0.3) is 0 Å². The lowest BCUT2D eigenvalue weighted by Gasteiger charge is -2.11. The molecule has 13 aromatic rings. The van der Waals surface area contributed by atoms with Gasteiger partial charge in [-0.2, -0.15) is 0 Å². The molecule has 0 bridgehead atoms. The van der Waals surface area contributed by atoms with Crippen LogP contribution in [0.1, 0.15) is 0 Å². The maximum atomic E-state index is 6.67. The Balaban J connectivity index is 1.08. The topological polar surface area (TPSA) is 95.7 Å². The van der Waals surface area contributed by atoms with Crippen LogP contribution in [-0.2, 0) is 0 Å². The summed E-state index contributed by atoms with van der Waals surface area (Å²) in [6.45, 7) is 0. The van der Waals surface area contributed by atoms with Gasteiger partial charge < -0.3 is 13.4 Å². The first-order valence-electron chi connectivity index (χ1n) is 20.8. The summed E-state index contributed by atoms with van der Waals surface area (Å²) in [6.07, 6.45) is 0. The molecular weight excluding hydrogens is 777 g/mol. The molecule has 8 aromatic carbocycles. The number of rotatable bonds is 6. The number of para-hydroxylation sites is 3. The lowest BCUT2D eigenvalue weighted by molar-refractivity contribution is 0.667. The first-order chi connectivity index (χ1) is 31.2. The van der Waals surface area contributed by atoms with E-state index in [-0.39, 0.29) is 0 Å². The number of fused-ring (bicyclic) bond motifs is 9. The van der Waals surface area contributed by atoms with E-state index in [1.807, 2.05) is 115 Å². The Kier molecular flexibility index (Phi) is 7.74. The first-order valence-corrected chi connectivity index (χ1v) is 20.8. The Labute approximate surface area is 359 Å². The highest BCUT2D eigenvalue weighted by molar-refractivity contribution is 6.18. The zero-order chi connectivity index (χ0) is 41.4. The van der Waals surface area contributed by atoms with Crippen LogP contribution in [0.25, 0.3) is 128 Å². The van der Waals surface area contributed by atoms with Gasteiger partial charge in [-0.1, -0.05) is 146 Å². The molecule has 0 atom stereocenters. The molecule has 63 heavy (non-hydrogen) atoms. The molecule has 5 heterocycles. The van der Waals surface area contributed by atoms with E-state index in [2.05, 4.69) is 83.4 Å². The molecule has 0 aliphatic rings. The van der Waals surface area contributed by atoms with Gasteiger partial charge >= 0.3 is 0 Å². The summed E-state index contributed by atoms with van der Waals surface area (Å²) in [5.74, 6) is 2.21. The van der Waals surface area contributed by atoms with Gasteiger partial charge in [0.15, 0.2) is 28.9 Å². The summed E-state index contributed by atoms with van der Waals surface area (Å²) in [5, 5.41) is 4.83. The van der Waals surface area contributed by atoms with Crippen LogP contribution in [0.3, 0.4) is 0 Å². The Morgan fingerprint density at radius 3 is 1.54 bits per heavy atom. The smallest absolute Gasteiger partial charge is 0.180 e. The van der Waals surface area contributed by atoms with Gasteiger partial charge in [0.2, 0.25) is 0 Å². The second kappa shape index (κ2) is 13.9. The molecule has 0 saturated carbocycles. The van der Waals surface area contributed by atoms with Crippen molar-refractivity contribution in [2.75, 3.05) is 0 Å². The molecule has 0 saturated heterocycles. The van der Waals surface area contributed by atoms with Crippen LogP contribution in [0.2, 0.25) is 0 Å². The highest BCUT2D eigenvalue weighted by atomic mass is 16.3. The molecule has 8 heteroatoms. The van der Waals surface area contributed by atoms with Crippen molar-refractivity contribution in [2.45, 2.75) is 0 Å². The quantitative estimate of drug-likeness (QED) is 0.165. The number of nitrogens with zero attached hydrogens (tertiary/aromatic N) is 6. The molecule has 294 valence electrons. The summed E-state index contributed by atoms with van der Waals surface area (Å²) in [7, 11) is 0. The Bertz CT molecular complexity index is 3910. The van der Waals surface area contributed by atoms with Crippen molar-refractivity contribution in [2.24, 2.45) is 0 Å². The maximum Gasteiger partial charge on any atom is 0.180 e. The van der Waals surface area contributed by atoms with Crippen molar-refractivity contribution < 1.29 is 8.83 Å². The van der Waals surface area contributed by atoms with Crippen LogP contribution in [0, 0.1) is 0 Å². The SMILES string of the molecule is c1ccc(-c2nc(-c3cccc4oc5cccc(-c6nc(-c7ccccc7)c7oc8ccccc8c7n6)c5c34)nc(-c3cccc4c3c3ccccc3n4-c3ccccc3)n2)cc1. The van der Waals surface area contributed by atoms with E-state index in [0.717, 1.165) is 82.6 Å². The minimum absolute atomic E-state index is 0.521. The second-order valence-electron chi connectivity index (χ2n) is 15.6. The van der Waals surface area contributed by atoms with Gasteiger partial charge in [-0.3, -0.25) is 0 Å². The average Bonchev–Trinajstić information content (AvgIpc) is 4.04. The van der Waals surface area contributed by atoms with Crippen LogP contribution < -0.4 is 0 Å². The van der Waals surface area contributed by atoms with E-state index in [1.165, 1.54) is 0 Å². The predicted octanol–water partition coefficient (Wildman–Crippen LogP) is 13.9. The van der Waals surface area contributed by atoms with Crippen molar-refractivity contribution in [1.29, 1.82) is 0 Å². The van der Waals surface area contributed by atoms with Crippen molar-refractivity contribution in [3.05, 3.63) is 194 Å². The van der Waals surface area contributed by atoms with Gasteiger partial charge in [-0.25, -0.2) is 24.9 Å². The average molecular weight is 809 g/mol. The lowest BCUT2D eigenvalue weighted by Crippen LogP contribution is -2.01. The van der Waals surface area contributed by atoms with E-state index in [1.54, 1.807) is 0 Å². The molecule has 0 spiro atoms. The van der Waals surface area contributed by atoms with E-state index in [9.17, 15) is 0 Å². The number of benzene rings is 8. The van der Waals surface area contributed by atoms with Crippen LogP contribution >= 0.6 is 0 Å². The number of hydrogen-bond acceptors (Lipinski definition) is 7. The van der Waals surface area contributed by atoms with Crippen LogP contribution in [-0.4, -0.2) is 29.5 Å². The molecular formula is C55H32N6O2. The first kappa shape index (κ1) is 35.0. The van der Waals surface area contributed by atoms with Crippen LogP contribution in [0.4, 0.5) is 0 Å². The highest BCUT2D eigenvalue weighted by Gasteiger charge is 2.25. The molecule has 0 N–H and O–H groups in total. The third kappa shape index (κ3) is 5.52. The Morgan fingerprint density at radius 2 is 0.841 bits per heavy atom. The fraction of sp³-hybridized carbons (Fsp3) is 0. The normalized spacial score (nSPS) is 11.8. The van der Waals surface area contributed by atoms with Gasteiger partial charge in [-0.15, -0.1) is 0 Å². The number of aromatic nitrogens is 6. The van der Waals surface area contributed by atoms with Crippen molar-refractivity contribution >= 4 is 65.8 Å². The standard InChI is InChI=1S/C55H32N6O2/c1-4-17-33(18-5-1)49-51-50(37-24-11-13-30-43(37)63-51)57-53(56-49)39-26-15-31-44-47(39)48-40(27-16-32-45(48)62-44)55-59-52(34-19-6-2-7-20-34)58-54(60-55)38-25-14-29-42-46(38)36-23-10-12-28-41(36)61(42)35-21-8-3-9-22-35/h1-32H. The predicted molar refractivity (Wildman–Crippen MR) is 251 cm³/mol. The van der Waals surface area contributed by atoms with Crippen molar-refractivity contribution in [1.82, 2.24) is 29.5 Å². The van der Waals surface area contributed by atoms with Gasteiger partial charge in [-0.05, 0) is 48.5 Å². The van der Waals surface area contributed by atoms with E-state index in [0.29, 0.717) is 45.7 Å². The minimum atomic E-state index is 0.521. The van der Waals surface area contributed by atoms with E-state index >= 15 is 0 Å². The van der Waals surface area contributed by atoms with E-state index in [4.69, 9.17) is 33.8 Å². The zero-order valence-corrected chi connectivity index (χ0v) is 33.5. The zero-order valence-electron chi connectivity index (χ0n) is 33.5. The van der Waals surface area contributed by atoms with E-state index < -0.39 is 0 Å². The third-order valence-corrected chi connectivity index (χ3v) is 11.9. The molecule has 0 amide bonds. The summed E-state index contributed by atoms with van der Waals surface area (Å²) in [5.41, 5.74) is 11.9. The fourth-order valence-electron chi connectivity index (χ4n) is 9.14. The minimum Gasteiger partial charge on any atom is -0.456 e. The number of furan rings is 2. The largest absolute Gasteiger partial charge is 0.456 e. The third-order valence-electron chi connectivity index (χ3n) is 11.9. The molecule has 8 nitrogen and oxygen atoms in total. The molecule has 5 aromatic heterocycles. The molecule has 13 rings (SSSR count). The van der Waals surface area contributed by atoms with Crippen molar-refractivity contribution in [3.63, 3.8) is 0 Å². The highest BCUT2D eigenvalue weighted by Crippen LogP contribution is 2.44. The fourth-order valence-corrected chi connectivity index (χ4v) is 9.14. The Morgan fingerprint density at radius 1 is 0.333 bits per heavy atom. The molecule has 0 aliphatic heterocycles. The van der Waals surface area contributed by atoms with Gasteiger partial charge in [0.1, 0.15) is 28.0 Å². The molecule has 0 aliphatic carbocycles. The van der Waals surface area contributed by atoms with Gasteiger partial charge in [0, 0.05) is 60.4 Å².